The Balaban J connectivity index is 1.54. The number of nitrogens with zero attached hydrogens (tertiary/aromatic N) is 3. The maximum Gasteiger partial charge on any atom is 0.298 e. The van der Waals surface area contributed by atoms with Gasteiger partial charge in [0.2, 0.25) is 10.0 Å². The third-order valence-corrected chi connectivity index (χ3v) is 7.16. The van der Waals surface area contributed by atoms with Crippen molar-refractivity contribution in [2.75, 3.05) is 31.1 Å². The molecule has 1 fully saturated rings. The zero-order valence-electron chi connectivity index (χ0n) is 13.6. The second-order valence-electron chi connectivity index (χ2n) is 5.91. The molecule has 0 N–H and O–H groups in total. The van der Waals surface area contributed by atoms with Crippen LogP contribution >= 0.6 is 23.2 Å². The van der Waals surface area contributed by atoms with Crippen LogP contribution < -0.4 is 4.90 Å². The summed E-state index contributed by atoms with van der Waals surface area (Å²) in [4.78, 5) is 6.35. The van der Waals surface area contributed by atoms with E-state index < -0.39 is 10.0 Å². The summed E-state index contributed by atoms with van der Waals surface area (Å²) >= 11 is 12.2. The number of fused-ring (bicyclic) bond motifs is 1. The van der Waals surface area contributed by atoms with Gasteiger partial charge in [-0.2, -0.15) is 9.29 Å². The first-order valence-electron chi connectivity index (χ1n) is 8.01. The third-order valence-electron chi connectivity index (χ3n) is 4.31. The molecule has 0 amide bonds. The summed E-state index contributed by atoms with van der Waals surface area (Å²) in [5, 5.41) is 0.248. The van der Waals surface area contributed by atoms with Crippen LogP contribution in [0.4, 0.5) is 6.01 Å². The molecule has 1 aliphatic rings. The molecule has 136 valence electrons. The van der Waals surface area contributed by atoms with Gasteiger partial charge in [-0.15, -0.1) is 0 Å². The highest BCUT2D eigenvalue weighted by Gasteiger charge is 2.32. The Morgan fingerprint density at radius 1 is 0.923 bits per heavy atom. The molecule has 1 aliphatic heterocycles. The lowest BCUT2D eigenvalue weighted by Crippen LogP contribution is -2.48. The van der Waals surface area contributed by atoms with Crippen LogP contribution in [0.2, 0.25) is 10.0 Å². The predicted molar refractivity (Wildman–Crippen MR) is 101 cm³/mol. The topological polar surface area (TPSA) is 66.7 Å². The van der Waals surface area contributed by atoms with E-state index in [-0.39, 0.29) is 14.9 Å². The molecule has 0 saturated carbocycles. The van der Waals surface area contributed by atoms with E-state index in [4.69, 9.17) is 27.6 Å². The molecule has 0 unspecified atom stereocenters. The van der Waals surface area contributed by atoms with Crippen LogP contribution in [0.5, 0.6) is 0 Å². The second-order valence-corrected chi connectivity index (χ2v) is 8.60. The van der Waals surface area contributed by atoms with Gasteiger partial charge in [0, 0.05) is 26.2 Å². The number of sulfonamides is 1. The van der Waals surface area contributed by atoms with Crippen LogP contribution in [0.3, 0.4) is 0 Å². The first kappa shape index (κ1) is 17.6. The van der Waals surface area contributed by atoms with E-state index in [0.717, 1.165) is 5.52 Å². The van der Waals surface area contributed by atoms with Gasteiger partial charge in [-0.25, -0.2) is 8.42 Å². The minimum absolute atomic E-state index is 0.0429. The van der Waals surface area contributed by atoms with Crippen molar-refractivity contribution in [1.29, 1.82) is 0 Å². The summed E-state index contributed by atoms with van der Waals surface area (Å²) < 4.78 is 33.0. The number of benzene rings is 2. The molecule has 0 radical (unpaired) electrons. The zero-order valence-corrected chi connectivity index (χ0v) is 15.9. The van der Waals surface area contributed by atoms with Gasteiger partial charge in [0.1, 0.15) is 10.4 Å². The molecule has 2 heterocycles. The third kappa shape index (κ3) is 3.05. The lowest BCUT2D eigenvalue weighted by atomic mass is 10.3. The second kappa shape index (κ2) is 6.74. The zero-order chi connectivity index (χ0) is 18.3. The number of oxazole rings is 1. The summed E-state index contributed by atoms with van der Waals surface area (Å²) in [5.74, 6) is 0. The fourth-order valence-corrected chi connectivity index (χ4v) is 5.49. The Morgan fingerprint density at radius 3 is 2.23 bits per heavy atom. The minimum Gasteiger partial charge on any atom is -0.423 e. The molecule has 0 bridgehead atoms. The van der Waals surface area contributed by atoms with Gasteiger partial charge in [0.25, 0.3) is 6.01 Å². The summed E-state index contributed by atoms with van der Waals surface area (Å²) in [6.45, 7) is 1.52. The van der Waals surface area contributed by atoms with Crippen molar-refractivity contribution in [3.8, 4) is 0 Å². The maximum atomic E-state index is 12.9. The number of anilines is 1. The predicted octanol–water partition coefficient (Wildman–Crippen LogP) is 3.65. The summed E-state index contributed by atoms with van der Waals surface area (Å²) in [7, 11) is -3.76. The van der Waals surface area contributed by atoms with E-state index in [0.29, 0.717) is 37.8 Å². The number of halogens is 2. The molecule has 26 heavy (non-hydrogen) atoms. The van der Waals surface area contributed by atoms with Crippen molar-refractivity contribution in [3.05, 3.63) is 52.5 Å². The minimum atomic E-state index is -3.76. The molecule has 9 heteroatoms. The molecular formula is C17H15Cl2N3O3S. The average molecular weight is 412 g/mol. The summed E-state index contributed by atoms with van der Waals surface area (Å²) in [6.07, 6.45) is 0. The van der Waals surface area contributed by atoms with Crippen molar-refractivity contribution < 1.29 is 12.8 Å². The monoisotopic (exact) mass is 411 g/mol. The van der Waals surface area contributed by atoms with E-state index in [1.54, 1.807) is 6.07 Å². The van der Waals surface area contributed by atoms with E-state index >= 15 is 0 Å². The SMILES string of the molecule is O=S(=O)(c1c(Cl)cccc1Cl)N1CCN(c2nc3ccccc3o2)CC1. The van der Waals surface area contributed by atoms with Gasteiger partial charge in [0.05, 0.1) is 10.0 Å². The van der Waals surface area contributed by atoms with Crippen LogP contribution in [0.1, 0.15) is 0 Å². The number of rotatable bonds is 3. The molecule has 3 aromatic rings. The van der Waals surface area contributed by atoms with Crippen LogP contribution in [0, 0.1) is 0 Å². The molecule has 1 saturated heterocycles. The number of hydrogen-bond acceptors (Lipinski definition) is 5. The Hall–Kier alpha value is -1.80. The average Bonchev–Trinajstić information content (AvgIpc) is 3.05. The fourth-order valence-electron chi connectivity index (χ4n) is 2.97. The first-order valence-corrected chi connectivity index (χ1v) is 10.2. The number of piperazine rings is 1. The van der Waals surface area contributed by atoms with Crippen molar-refractivity contribution in [2.24, 2.45) is 0 Å². The van der Waals surface area contributed by atoms with Crippen molar-refractivity contribution >= 4 is 50.3 Å². The molecule has 6 nitrogen and oxygen atoms in total. The number of hydrogen-bond donors (Lipinski definition) is 0. The molecule has 1 aromatic heterocycles. The lowest BCUT2D eigenvalue weighted by molar-refractivity contribution is 0.374. The molecule has 0 atom stereocenters. The standard InChI is InChI=1S/C17H15Cl2N3O3S/c18-12-4-3-5-13(19)16(12)26(23,24)22-10-8-21(9-11-22)17-20-14-6-1-2-7-15(14)25-17/h1-7H,8-11H2. The van der Waals surface area contributed by atoms with Crippen molar-refractivity contribution in [3.63, 3.8) is 0 Å². The smallest absolute Gasteiger partial charge is 0.298 e. The van der Waals surface area contributed by atoms with E-state index in [2.05, 4.69) is 4.98 Å². The van der Waals surface area contributed by atoms with Gasteiger partial charge in [-0.05, 0) is 24.3 Å². The fraction of sp³-hybridized carbons (Fsp3) is 0.235. The van der Waals surface area contributed by atoms with Gasteiger partial charge < -0.3 is 9.32 Å². The number of para-hydroxylation sites is 2. The van der Waals surface area contributed by atoms with Gasteiger partial charge in [-0.1, -0.05) is 41.4 Å². The normalized spacial score (nSPS) is 16.3. The maximum absolute atomic E-state index is 12.9. The van der Waals surface area contributed by atoms with Crippen LogP contribution in [0.25, 0.3) is 11.1 Å². The van der Waals surface area contributed by atoms with Crippen LogP contribution in [0.15, 0.2) is 51.8 Å². The van der Waals surface area contributed by atoms with E-state index in [1.807, 2.05) is 29.2 Å². The number of aromatic nitrogens is 1. The Bertz CT molecular complexity index is 1010. The highest BCUT2D eigenvalue weighted by Crippen LogP contribution is 2.32. The van der Waals surface area contributed by atoms with Gasteiger partial charge in [0.15, 0.2) is 5.58 Å². The molecule has 4 rings (SSSR count). The van der Waals surface area contributed by atoms with Crippen molar-refractivity contribution in [1.82, 2.24) is 9.29 Å². The van der Waals surface area contributed by atoms with Crippen LogP contribution in [-0.4, -0.2) is 43.9 Å². The van der Waals surface area contributed by atoms with Crippen molar-refractivity contribution in [2.45, 2.75) is 4.90 Å². The van der Waals surface area contributed by atoms with Crippen LogP contribution in [-0.2, 0) is 10.0 Å². The molecule has 0 spiro atoms. The van der Waals surface area contributed by atoms with Gasteiger partial charge in [-0.3, -0.25) is 0 Å². The summed E-state index contributed by atoms with van der Waals surface area (Å²) in [5.41, 5.74) is 1.49. The summed E-state index contributed by atoms with van der Waals surface area (Å²) in [6, 6.07) is 12.7. The Kier molecular flexibility index (Phi) is 4.56. The van der Waals surface area contributed by atoms with Gasteiger partial charge >= 0.3 is 0 Å². The van der Waals surface area contributed by atoms with E-state index in [9.17, 15) is 8.42 Å². The lowest BCUT2D eigenvalue weighted by Gasteiger charge is -2.33. The molecule has 0 aliphatic carbocycles. The quantitative estimate of drug-likeness (QED) is 0.657. The van der Waals surface area contributed by atoms with E-state index in [1.165, 1.54) is 16.4 Å². The molecular weight excluding hydrogens is 397 g/mol. The highest BCUT2D eigenvalue weighted by atomic mass is 35.5. The Morgan fingerprint density at radius 2 is 1.58 bits per heavy atom. The largest absolute Gasteiger partial charge is 0.423 e. The Labute approximate surface area is 161 Å². The first-order chi connectivity index (χ1) is 12.5. The highest BCUT2D eigenvalue weighted by molar-refractivity contribution is 7.89. The molecule has 2 aromatic carbocycles.